The van der Waals surface area contributed by atoms with Crippen molar-refractivity contribution in [1.82, 2.24) is 25.0 Å². The number of hydrogen-bond donors (Lipinski definition) is 1. The second kappa shape index (κ2) is 7.94. The molecule has 2 aromatic rings. The Kier molecular flexibility index (Phi) is 5.69. The number of nitrogens with zero attached hydrogens (tertiary/aromatic N) is 5. The van der Waals surface area contributed by atoms with Crippen LogP contribution in [0.25, 0.3) is 0 Å². The van der Waals surface area contributed by atoms with Gasteiger partial charge in [0, 0.05) is 20.1 Å². The van der Waals surface area contributed by atoms with E-state index in [1.807, 2.05) is 24.3 Å². The molecule has 0 saturated heterocycles. The van der Waals surface area contributed by atoms with Crippen LogP contribution >= 0.6 is 0 Å². The molecule has 7 heteroatoms. The van der Waals surface area contributed by atoms with E-state index in [4.69, 9.17) is 5.26 Å². The number of carbonyl (C=O) groups is 1. The van der Waals surface area contributed by atoms with E-state index in [1.54, 1.807) is 25.0 Å². The van der Waals surface area contributed by atoms with Gasteiger partial charge < -0.3 is 10.2 Å². The molecule has 0 fully saturated rings. The van der Waals surface area contributed by atoms with Crippen LogP contribution in [0.2, 0.25) is 0 Å². The Labute approximate surface area is 135 Å². The van der Waals surface area contributed by atoms with Crippen LogP contribution in [0.5, 0.6) is 0 Å². The summed E-state index contributed by atoms with van der Waals surface area (Å²) in [6.45, 7) is 3.22. The van der Waals surface area contributed by atoms with Gasteiger partial charge in [-0.1, -0.05) is 24.3 Å². The highest BCUT2D eigenvalue weighted by atomic mass is 16.2. The number of rotatable bonds is 6. The van der Waals surface area contributed by atoms with Gasteiger partial charge in [0.25, 0.3) is 0 Å². The standard InChI is InChI=1S/C16H20N6O/c1-13(7-17)9-21(2)16(23)19-8-14-5-3-4-6-15(14)10-22-12-18-11-20-22/h3-6,11-13H,8-10H2,1-2H3,(H,19,23)/t13-/m0/s1. The number of benzene rings is 1. The van der Waals surface area contributed by atoms with Crippen LogP contribution in [0.1, 0.15) is 18.1 Å². The van der Waals surface area contributed by atoms with Crippen molar-refractivity contribution in [2.24, 2.45) is 5.92 Å². The van der Waals surface area contributed by atoms with Gasteiger partial charge in [-0.15, -0.1) is 0 Å². The lowest BCUT2D eigenvalue weighted by molar-refractivity contribution is 0.205. The molecule has 23 heavy (non-hydrogen) atoms. The summed E-state index contributed by atoms with van der Waals surface area (Å²) in [5, 5.41) is 15.8. The fourth-order valence-corrected chi connectivity index (χ4v) is 2.21. The summed E-state index contributed by atoms with van der Waals surface area (Å²) in [6.07, 6.45) is 3.15. The number of amides is 2. The van der Waals surface area contributed by atoms with Crippen LogP contribution in [-0.2, 0) is 13.1 Å². The van der Waals surface area contributed by atoms with Gasteiger partial charge in [-0.2, -0.15) is 10.4 Å². The molecule has 0 unspecified atom stereocenters. The Bertz CT molecular complexity index is 676. The molecule has 0 radical (unpaired) electrons. The number of aromatic nitrogens is 3. The summed E-state index contributed by atoms with van der Waals surface area (Å²) in [4.78, 5) is 17.5. The second-order valence-electron chi connectivity index (χ2n) is 5.43. The van der Waals surface area contributed by atoms with Crippen molar-refractivity contribution in [1.29, 1.82) is 5.26 Å². The molecule has 2 rings (SSSR count). The Morgan fingerprint density at radius 2 is 2.17 bits per heavy atom. The predicted octanol–water partition coefficient (Wildman–Crippen LogP) is 1.63. The van der Waals surface area contributed by atoms with Crippen molar-refractivity contribution in [3.63, 3.8) is 0 Å². The molecule has 120 valence electrons. The maximum absolute atomic E-state index is 12.1. The average molecular weight is 312 g/mol. The first kappa shape index (κ1) is 16.5. The normalized spacial score (nSPS) is 11.5. The van der Waals surface area contributed by atoms with Crippen molar-refractivity contribution in [2.75, 3.05) is 13.6 Å². The zero-order chi connectivity index (χ0) is 16.7. The molecule has 0 aliphatic carbocycles. The Hall–Kier alpha value is -2.88. The third-order valence-electron chi connectivity index (χ3n) is 3.46. The lowest BCUT2D eigenvalue weighted by Gasteiger charge is -2.19. The van der Waals surface area contributed by atoms with Crippen molar-refractivity contribution >= 4 is 6.03 Å². The first-order valence-corrected chi connectivity index (χ1v) is 7.38. The minimum absolute atomic E-state index is 0.189. The minimum Gasteiger partial charge on any atom is -0.334 e. The maximum atomic E-state index is 12.1. The first-order valence-electron chi connectivity index (χ1n) is 7.38. The highest BCUT2D eigenvalue weighted by Gasteiger charge is 2.12. The number of hydrogen-bond acceptors (Lipinski definition) is 4. The fourth-order valence-electron chi connectivity index (χ4n) is 2.21. The summed E-state index contributed by atoms with van der Waals surface area (Å²) in [5.41, 5.74) is 2.10. The molecule has 1 N–H and O–H groups in total. The first-order chi connectivity index (χ1) is 11.1. The molecule has 0 aliphatic rings. The quantitative estimate of drug-likeness (QED) is 0.878. The third-order valence-corrected chi connectivity index (χ3v) is 3.46. The predicted molar refractivity (Wildman–Crippen MR) is 85.2 cm³/mol. The molecular weight excluding hydrogens is 292 g/mol. The summed E-state index contributed by atoms with van der Waals surface area (Å²) in [6, 6.07) is 9.81. The zero-order valence-electron chi connectivity index (χ0n) is 13.3. The third kappa shape index (κ3) is 4.81. The molecule has 0 spiro atoms. The van der Waals surface area contributed by atoms with Crippen molar-refractivity contribution in [2.45, 2.75) is 20.0 Å². The van der Waals surface area contributed by atoms with Crippen LogP contribution in [-0.4, -0.2) is 39.3 Å². The fraction of sp³-hybridized carbons (Fsp3) is 0.375. The van der Waals surface area contributed by atoms with Crippen molar-refractivity contribution in [3.05, 3.63) is 48.0 Å². The minimum atomic E-state index is -0.192. The highest BCUT2D eigenvalue weighted by molar-refractivity contribution is 5.73. The topological polar surface area (TPSA) is 86.8 Å². The van der Waals surface area contributed by atoms with Gasteiger partial charge in [0.2, 0.25) is 0 Å². The second-order valence-corrected chi connectivity index (χ2v) is 5.43. The lowest BCUT2D eigenvalue weighted by atomic mass is 10.1. The molecular formula is C16H20N6O. The average Bonchev–Trinajstić information content (AvgIpc) is 3.06. The molecule has 1 atom stereocenters. The Morgan fingerprint density at radius 3 is 2.83 bits per heavy atom. The van der Waals surface area contributed by atoms with Crippen molar-refractivity contribution in [3.8, 4) is 6.07 Å². The van der Waals surface area contributed by atoms with Crippen LogP contribution in [0.15, 0.2) is 36.9 Å². The smallest absolute Gasteiger partial charge is 0.317 e. The van der Waals surface area contributed by atoms with E-state index in [1.165, 1.54) is 11.2 Å². The van der Waals surface area contributed by atoms with E-state index >= 15 is 0 Å². The monoisotopic (exact) mass is 312 g/mol. The van der Waals surface area contributed by atoms with Gasteiger partial charge in [-0.05, 0) is 18.1 Å². The SMILES string of the molecule is C[C@@H](C#N)CN(C)C(=O)NCc1ccccc1Cn1cncn1. The van der Waals surface area contributed by atoms with Gasteiger partial charge in [0.1, 0.15) is 12.7 Å². The molecule has 7 nitrogen and oxygen atoms in total. The van der Waals surface area contributed by atoms with Gasteiger partial charge in [-0.3, -0.25) is 0 Å². The molecule has 1 aromatic heterocycles. The van der Waals surface area contributed by atoms with E-state index in [2.05, 4.69) is 21.5 Å². The zero-order valence-corrected chi connectivity index (χ0v) is 13.3. The summed E-state index contributed by atoms with van der Waals surface area (Å²) in [7, 11) is 1.69. The molecule has 0 aliphatic heterocycles. The molecule has 1 aromatic carbocycles. The largest absolute Gasteiger partial charge is 0.334 e. The Balaban J connectivity index is 1.95. The highest BCUT2D eigenvalue weighted by Crippen LogP contribution is 2.10. The van der Waals surface area contributed by atoms with Crippen LogP contribution in [0.4, 0.5) is 4.79 Å². The van der Waals surface area contributed by atoms with Gasteiger partial charge in [0.05, 0.1) is 18.5 Å². The van der Waals surface area contributed by atoms with Gasteiger partial charge in [0.15, 0.2) is 0 Å². The van der Waals surface area contributed by atoms with E-state index < -0.39 is 0 Å². The summed E-state index contributed by atoms with van der Waals surface area (Å²) < 4.78 is 1.74. The number of urea groups is 1. The van der Waals surface area contributed by atoms with E-state index in [0.717, 1.165) is 11.1 Å². The van der Waals surface area contributed by atoms with Crippen molar-refractivity contribution < 1.29 is 4.79 Å². The van der Waals surface area contributed by atoms with Crippen LogP contribution in [0.3, 0.4) is 0 Å². The Morgan fingerprint density at radius 1 is 1.43 bits per heavy atom. The van der Waals surface area contributed by atoms with E-state index in [0.29, 0.717) is 19.6 Å². The molecule has 0 saturated carbocycles. The summed E-state index contributed by atoms with van der Waals surface area (Å²) >= 11 is 0. The lowest BCUT2D eigenvalue weighted by Crippen LogP contribution is -2.39. The molecule has 1 heterocycles. The molecule has 2 amide bonds. The maximum Gasteiger partial charge on any atom is 0.317 e. The number of nitriles is 1. The number of nitrogens with one attached hydrogen (secondary N) is 1. The summed E-state index contributed by atoms with van der Waals surface area (Å²) in [5.74, 6) is -0.189. The van der Waals surface area contributed by atoms with Crippen LogP contribution < -0.4 is 5.32 Å². The van der Waals surface area contributed by atoms with E-state index in [9.17, 15) is 4.79 Å². The number of carbonyl (C=O) groups excluding carboxylic acids is 1. The molecule has 0 bridgehead atoms. The van der Waals surface area contributed by atoms with Crippen LogP contribution in [0, 0.1) is 17.2 Å². The van der Waals surface area contributed by atoms with E-state index in [-0.39, 0.29) is 11.9 Å². The van der Waals surface area contributed by atoms with Gasteiger partial charge >= 0.3 is 6.03 Å². The van der Waals surface area contributed by atoms with Gasteiger partial charge in [-0.25, -0.2) is 14.5 Å².